The lowest BCUT2D eigenvalue weighted by Crippen LogP contribution is -2.51. The molecule has 0 fully saturated rings. The number of carbonyl (C=O) groups is 2. The molecule has 0 aliphatic heterocycles. The van der Waals surface area contributed by atoms with Crippen LogP contribution in [0.4, 0.5) is 0 Å². The molecule has 0 radical (unpaired) electrons. The van der Waals surface area contributed by atoms with Gasteiger partial charge < -0.3 is 15.0 Å². The molecular weight excluding hydrogens is 563 g/mol. The average Bonchev–Trinajstić information content (AvgIpc) is 2.87. The molecule has 0 heterocycles. The zero-order valence-electron chi connectivity index (χ0n) is 20.3. The molecule has 1 N–H and O–H groups in total. The molecule has 190 valence electrons. The van der Waals surface area contributed by atoms with Crippen molar-refractivity contribution in [3.05, 3.63) is 97.9 Å². The Hall–Kier alpha value is -2.54. The van der Waals surface area contributed by atoms with E-state index in [1.165, 1.54) is 4.90 Å². The van der Waals surface area contributed by atoms with Gasteiger partial charge in [0.25, 0.3) is 5.91 Å². The van der Waals surface area contributed by atoms with Crippen LogP contribution in [0.3, 0.4) is 0 Å². The number of hydrogen-bond acceptors (Lipinski definition) is 3. The maximum Gasteiger partial charge on any atom is 0.261 e. The van der Waals surface area contributed by atoms with Crippen molar-refractivity contribution in [1.29, 1.82) is 0 Å². The van der Waals surface area contributed by atoms with Crippen molar-refractivity contribution in [2.24, 2.45) is 0 Å². The summed E-state index contributed by atoms with van der Waals surface area (Å²) in [5.41, 5.74) is 2.50. The molecule has 3 rings (SSSR count). The summed E-state index contributed by atoms with van der Waals surface area (Å²) in [7, 11) is 0. The number of nitrogens with zero attached hydrogens (tertiary/aromatic N) is 1. The van der Waals surface area contributed by atoms with E-state index in [0.29, 0.717) is 34.3 Å². The van der Waals surface area contributed by atoms with Gasteiger partial charge in [-0.15, -0.1) is 0 Å². The minimum absolute atomic E-state index is 0.0666. The summed E-state index contributed by atoms with van der Waals surface area (Å²) >= 11 is 16.4. The van der Waals surface area contributed by atoms with Crippen molar-refractivity contribution < 1.29 is 14.3 Å². The summed E-state index contributed by atoms with van der Waals surface area (Å²) in [5, 5.41) is 3.80. The molecule has 36 heavy (non-hydrogen) atoms. The fourth-order valence-corrected chi connectivity index (χ4v) is 4.47. The third kappa shape index (κ3) is 7.73. The second-order valence-electron chi connectivity index (χ2n) is 8.42. The molecule has 8 heteroatoms. The topological polar surface area (TPSA) is 58.6 Å². The van der Waals surface area contributed by atoms with Gasteiger partial charge in [0, 0.05) is 39.6 Å². The molecule has 0 aliphatic rings. The number of benzene rings is 3. The fourth-order valence-electron chi connectivity index (χ4n) is 3.71. The Morgan fingerprint density at radius 3 is 2.36 bits per heavy atom. The van der Waals surface area contributed by atoms with Crippen LogP contribution in [0.2, 0.25) is 10.0 Å². The number of halogens is 3. The van der Waals surface area contributed by atoms with Gasteiger partial charge in [0.1, 0.15) is 11.8 Å². The molecule has 2 amide bonds. The van der Waals surface area contributed by atoms with Gasteiger partial charge in [0.2, 0.25) is 5.91 Å². The van der Waals surface area contributed by atoms with E-state index in [9.17, 15) is 9.59 Å². The first-order valence-corrected chi connectivity index (χ1v) is 13.3. The quantitative estimate of drug-likeness (QED) is 0.273. The summed E-state index contributed by atoms with van der Waals surface area (Å²) in [5.74, 6) is -0.0225. The highest BCUT2D eigenvalue weighted by Crippen LogP contribution is 2.27. The number of amides is 2. The van der Waals surface area contributed by atoms with Crippen LogP contribution < -0.4 is 10.1 Å². The van der Waals surface area contributed by atoms with Crippen LogP contribution >= 0.6 is 39.1 Å². The molecular formula is C28H29BrCl2N2O3. The molecule has 3 aromatic carbocycles. The van der Waals surface area contributed by atoms with Crippen molar-refractivity contribution >= 4 is 50.9 Å². The second-order valence-corrected chi connectivity index (χ2v) is 10.1. The van der Waals surface area contributed by atoms with Crippen LogP contribution in [0.1, 0.15) is 30.0 Å². The predicted molar refractivity (Wildman–Crippen MR) is 149 cm³/mol. The second kappa shape index (κ2) is 13.7. The molecule has 0 saturated carbocycles. The highest BCUT2D eigenvalue weighted by atomic mass is 79.9. The van der Waals surface area contributed by atoms with Gasteiger partial charge in [-0.05, 0) is 54.8 Å². The van der Waals surface area contributed by atoms with Crippen LogP contribution in [-0.4, -0.2) is 35.9 Å². The molecule has 5 nitrogen and oxygen atoms in total. The monoisotopic (exact) mass is 590 g/mol. The van der Waals surface area contributed by atoms with Gasteiger partial charge in [0.05, 0.1) is 0 Å². The minimum atomic E-state index is -0.783. The zero-order chi connectivity index (χ0) is 26.1. The maximum absolute atomic E-state index is 13.6. The predicted octanol–water partition coefficient (Wildman–Crippen LogP) is 6.61. The molecule has 0 saturated heterocycles. The standard InChI is InChI=1S/C28H29BrCl2N2O3/c1-3-14-32-28(35)26(16-20-8-5-4-6-9-20)33(17-22-24(30)10-7-11-25(22)31)27(34)18-36-21-12-13-23(29)19(2)15-21/h4-13,15,26H,3,14,16-18H2,1-2H3,(H,32,35)/t26-/m1/s1. The van der Waals surface area contributed by atoms with Crippen molar-refractivity contribution in [2.75, 3.05) is 13.2 Å². The van der Waals surface area contributed by atoms with Gasteiger partial charge in [-0.25, -0.2) is 0 Å². The van der Waals surface area contributed by atoms with Crippen molar-refractivity contribution in [3.8, 4) is 5.75 Å². The van der Waals surface area contributed by atoms with Gasteiger partial charge in [0.15, 0.2) is 6.61 Å². The number of carbonyl (C=O) groups excluding carboxylic acids is 2. The van der Waals surface area contributed by atoms with E-state index >= 15 is 0 Å². The SMILES string of the molecule is CCCNC(=O)[C@@H](Cc1ccccc1)N(Cc1c(Cl)cccc1Cl)C(=O)COc1ccc(Br)c(C)c1. The third-order valence-electron chi connectivity index (χ3n) is 5.70. The van der Waals surface area contributed by atoms with Gasteiger partial charge in [-0.2, -0.15) is 0 Å². The number of ether oxygens (including phenoxy) is 1. The minimum Gasteiger partial charge on any atom is -0.484 e. The highest BCUT2D eigenvalue weighted by molar-refractivity contribution is 9.10. The molecule has 0 unspecified atom stereocenters. The molecule has 1 atom stereocenters. The maximum atomic E-state index is 13.6. The fraction of sp³-hybridized carbons (Fsp3) is 0.286. The van der Waals surface area contributed by atoms with Crippen LogP contribution in [0, 0.1) is 6.92 Å². The van der Waals surface area contributed by atoms with Crippen molar-refractivity contribution in [1.82, 2.24) is 10.2 Å². The van der Waals surface area contributed by atoms with Gasteiger partial charge in [-0.1, -0.05) is 82.5 Å². The Labute approximate surface area is 230 Å². The molecule has 0 aromatic heterocycles. The van der Waals surface area contributed by atoms with Crippen molar-refractivity contribution in [2.45, 2.75) is 39.3 Å². The highest BCUT2D eigenvalue weighted by Gasteiger charge is 2.31. The Bertz CT molecular complexity index is 1170. The van der Waals surface area contributed by atoms with E-state index < -0.39 is 6.04 Å². The molecule has 0 aliphatic carbocycles. The Balaban J connectivity index is 1.94. The van der Waals surface area contributed by atoms with E-state index in [1.54, 1.807) is 24.3 Å². The number of aryl methyl sites for hydroxylation is 1. The Kier molecular flexibility index (Phi) is 10.7. The largest absolute Gasteiger partial charge is 0.484 e. The molecule has 0 bridgehead atoms. The molecule has 3 aromatic rings. The van der Waals surface area contributed by atoms with Crippen LogP contribution in [0.25, 0.3) is 0 Å². The van der Waals surface area contributed by atoms with E-state index in [1.807, 2.05) is 56.3 Å². The summed E-state index contributed by atoms with van der Waals surface area (Å²) in [6.45, 7) is 4.26. The van der Waals surface area contributed by atoms with E-state index in [-0.39, 0.29) is 25.0 Å². The molecule has 0 spiro atoms. The van der Waals surface area contributed by atoms with Gasteiger partial charge in [-0.3, -0.25) is 9.59 Å². The number of hydrogen-bond donors (Lipinski definition) is 1. The summed E-state index contributed by atoms with van der Waals surface area (Å²) in [6, 6.07) is 19.5. The smallest absolute Gasteiger partial charge is 0.261 e. The van der Waals surface area contributed by atoms with Crippen LogP contribution in [-0.2, 0) is 22.6 Å². The lowest BCUT2D eigenvalue weighted by Gasteiger charge is -2.32. The van der Waals surface area contributed by atoms with E-state index in [2.05, 4.69) is 21.2 Å². The normalized spacial score (nSPS) is 11.6. The lowest BCUT2D eigenvalue weighted by molar-refractivity contribution is -0.142. The summed E-state index contributed by atoms with van der Waals surface area (Å²) in [6.07, 6.45) is 1.11. The van der Waals surface area contributed by atoms with Gasteiger partial charge >= 0.3 is 0 Å². The first kappa shape index (κ1) is 28.0. The zero-order valence-corrected chi connectivity index (χ0v) is 23.4. The first-order valence-electron chi connectivity index (χ1n) is 11.7. The van der Waals surface area contributed by atoms with E-state index in [4.69, 9.17) is 27.9 Å². The van der Waals surface area contributed by atoms with Crippen molar-refractivity contribution in [3.63, 3.8) is 0 Å². The first-order chi connectivity index (χ1) is 17.3. The Morgan fingerprint density at radius 1 is 1.03 bits per heavy atom. The number of nitrogens with one attached hydrogen (secondary N) is 1. The summed E-state index contributed by atoms with van der Waals surface area (Å²) < 4.78 is 6.78. The van der Waals surface area contributed by atoms with Crippen LogP contribution in [0.5, 0.6) is 5.75 Å². The lowest BCUT2D eigenvalue weighted by atomic mass is 10.0. The van der Waals surface area contributed by atoms with Crippen LogP contribution in [0.15, 0.2) is 71.2 Å². The average molecular weight is 592 g/mol. The number of rotatable bonds is 11. The summed E-state index contributed by atoms with van der Waals surface area (Å²) in [4.78, 5) is 28.5. The third-order valence-corrected chi connectivity index (χ3v) is 7.30. The van der Waals surface area contributed by atoms with E-state index in [0.717, 1.165) is 22.0 Å². The Morgan fingerprint density at radius 2 is 1.72 bits per heavy atom.